The van der Waals surface area contributed by atoms with Crippen LogP contribution in [0.15, 0.2) is 41.3 Å². The number of rotatable bonds is 8. The average molecular weight is 571 g/mol. The van der Waals surface area contributed by atoms with Crippen LogP contribution in [0.4, 0.5) is 4.39 Å². The number of aryl methyl sites for hydroxylation is 1. The van der Waals surface area contributed by atoms with E-state index in [1.54, 1.807) is 35.9 Å². The zero-order valence-corrected chi connectivity index (χ0v) is 25.3. The quantitative estimate of drug-likeness (QED) is 0.369. The van der Waals surface area contributed by atoms with E-state index in [0.29, 0.717) is 35.0 Å². The number of piperidine rings is 2. The molecule has 3 heterocycles. The number of fused-ring (bicyclic) bond motifs is 1. The Morgan fingerprint density at radius 1 is 1.07 bits per heavy atom. The lowest BCUT2D eigenvalue weighted by Crippen LogP contribution is -2.55. The zero-order valence-electron chi connectivity index (χ0n) is 24.4. The molecule has 3 unspecified atom stereocenters. The molecule has 2 aromatic carbocycles. The lowest BCUT2D eigenvalue weighted by molar-refractivity contribution is 0.00472. The molecule has 0 aliphatic carbocycles. The summed E-state index contributed by atoms with van der Waals surface area (Å²) in [5, 5.41) is 0. The molecule has 7 nitrogen and oxygen atoms in total. The molecule has 0 amide bonds. The van der Waals surface area contributed by atoms with E-state index in [9.17, 15) is 8.42 Å². The first kappa shape index (κ1) is 29.2. The molecular formula is C31H43FN4O3S. The fraction of sp³-hybridized carbons (Fsp3) is 0.581. The SMILES string of the molecule is CCC1CC(N2CCC(c3ccc4nc(-c5ccc(S(C)(=O)=O)cc5)n(C)c4c3F)CC2)CC(C)N1CCOC. The minimum absolute atomic E-state index is 0.184. The van der Waals surface area contributed by atoms with Crippen molar-refractivity contribution in [2.75, 3.05) is 39.6 Å². The second kappa shape index (κ2) is 11.9. The first-order valence-electron chi connectivity index (χ1n) is 14.6. The van der Waals surface area contributed by atoms with Crippen molar-refractivity contribution in [1.82, 2.24) is 19.4 Å². The van der Waals surface area contributed by atoms with Gasteiger partial charge in [-0.1, -0.05) is 13.0 Å². The van der Waals surface area contributed by atoms with Gasteiger partial charge in [-0.2, -0.15) is 0 Å². The number of sulfone groups is 1. The van der Waals surface area contributed by atoms with Gasteiger partial charge in [-0.3, -0.25) is 4.90 Å². The predicted octanol–water partition coefficient (Wildman–Crippen LogP) is 5.24. The molecule has 9 heteroatoms. The maximum absolute atomic E-state index is 16.0. The number of benzene rings is 2. The molecule has 0 radical (unpaired) electrons. The average Bonchev–Trinajstić information content (AvgIpc) is 3.29. The van der Waals surface area contributed by atoms with Crippen molar-refractivity contribution in [1.29, 1.82) is 0 Å². The first-order chi connectivity index (χ1) is 19.1. The van der Waals surface area contributed by atoms with Gasteiger partial charge in [0.1, 0.15) is 11.3 Å². The summed E-state index contributed by atoms with van der Waals surface area (Å²) in [5.41, 5.74) is 2.66. The lowest BCUT2D eigenvalue weighted by atomic mass is 9.85. The van der Waals surface area contributed by atoms with Crippen molar-refractivity contribution in [2.45, 2.75) is 74.9 Å². The highest BCUT2D eigenvalue weighted by molar-refractivity contribution is 7.90. The van der Waals surface area contributed by atoms with Crippen LogP contribution in [0.2, 0.25) is 0 Å². The molecule has 2 aliphatic rings. The van der Waals surface area contributed by atoms with Crippen molar-refractivity contribution in [3.8, 4) is 11.4 Å². The molecule has 0 N–H and O–H groups in total. The largest absolute Gasteiger partial charge is 0.383 e. The summed E-state index contributed by atoms with van der Waals surface area (Å²) in [4.78, 5) is 10.2. The van der Waals surface area contributed by atoms with E-state index in [4.69, 9.17) is 9.72 Å². The van der Waals surface area contributed by atoms with Crippen LogP contribution in [0.25, 0.3) is 22.4 Å². The van der Waals surface area contributed by atoms with Crippen molar-refractivity contribution in [3.05, 3.63) is 47.8 Å². The number of methoxy groups -OCH3 is 1. The van der Waals surface area contributed by atoms with E-state index >= 15 is 4.39 Å². The number of nitrogens with zero attached hydrogens (tertiary/aromatic N) is 4. The van der Waals surface area contributed by atoms with E-state index < -0.39 is 9.84 Å². The summed E-state index contributed by atoms with van der Waals surface area (Å²) in [5.74, 6) is 0.627. The van der Waals surface area contributed by atoms with Gasteiger partial charge in [-0.25, -0.2) is 17.8 Å². The molecule has 0 spiro atoms. The maximum atomic E-state index is 16.0. The van der Waals surface area contributed by atoms with Crippen molar-refractivity contribution >= 4 is 20.9 Å². The molecule has 40 heavy (non-hydrogen) atoms. The molecule has 0 saturated carbocycles. The Hall–Kier alpha value is -2.33. The normalized spacial score (nSPS) is 23.7. The van der Waals surface area contributed by atoms with Gasteiger partial charge in [0, 0.05) is 50.6 Å². The fourth-order valence-corrected chi connectivity index (χ4v) is 7.64. The molecule has 5 rings (SSSR count). The van der Waals surface area contributed by atoms with Gasteiger partial charge in [-0.05, 0) is 93.9 Å². The van der Waals surface area contributed by atoms with Crippen LogP contribution in [0.5, 0.6) is 0 Å². The maximum Gasteiger partial charge on any atom is 0.175 e. The third kappa shape index (κ3) is 5.71. The topological polar surface area (TPSA) is 67.7 Å². The summed E-state index contributed by atoms with van der Waals surface area (Å²) in [6, 6.07) is 12.2. The molecule has 2 fully saturated rings. The fourth-order valence-electron chi connectivity index (χ4n) is 7.01. The number of imidazole rings is 1. The number of halogens is 1. The van der Waals surface area contributed by atoms with Crippen molar-refractivity contribution in [2.24, 2.45) is 7.05 Å². The van der Waals surface area contributed by atoms with E-state index in [1.165, 1.54) is 19.1 Å². The summed E-state index contributed by atoms with van der Waals surface area (Å²) in [6.45, 7) is 8.41. The number of hydrogen-bond acceptors (Lipinski definition) is 6. The van der Waals surface area contributed by atoms with Gasteiger partial charge in [0.25, 0.3) is 0 Å². The zero-order chi connectivity index (χ0) is 28.6. The number of hydrogen-bond donors (Lipinski definition) is 0. The van der Waals surface area contributed by atoms with Crippen LogP contribution < -0.4 is 0 Å². The van der Waals surface area contributed by atoms with Crippen molar-refractivity contribution in [3.63, 3.8) is 0 Å². The molecule has 2 aliphatic heterocycles. The third-order valence-electron chi connectivity index (χ3n) is 9.25. The second-order valence-corrected chi connectivity index (χ2v) is 13.7. The van der Waals surface area contributed by atoms with Crippen LogP contribution in [0, 0.1) is 5.82 Å². The molecule has 3 aromatic rings. The third-order valence-corrected chi connectivity index (χ3v) is 10.4. The molecule has 2 saturated heterocycles. The number of likely N-dealkylation sites (tertiary alicyclic amines) is 2. The Labute approximate surface area is 238 Å². The Morgan fingerprint density at radius 3 is 2.40 bits per heavy atom. The summed E-state index contributed by atoms with van der Waals surface area (Å²) in [6.07, 6.45) is 6.62. The molecular weight excluding hydrogens is 527 g/mol. The Kier molecular flexibility index (Phi) is 8.66. The second-order valence-electron chi connectivity index (χ2n) is 11.7. The standard InChI is InChI=1S/C31H43FN4O3S/c1-6-24-20-25(19-21(2)36(24)17-18-39-4)35-15-13-22(14-16-35)27-11-12-28-30(29(27)32)34(3)31(33-28)23-7-9-26(10-8-23)40(5,37)38/h7-12,21-22,24-25H,6,13-20H2,1-5H3. The predicted molar refractivity (Wildman–Crippen MR) is 158 cm³/mol. The van der Waals surface area contributed by atoms with Gasteiger partial charge in [0.2, 0.25) is 0 Å². The van der Waals surface area contributed by atoms with E-state index in [0.717, 1.165) is 56.6 Å². The molecule has 0 bridgehead atoms. The van der Waals surface area contributed by atoms with Gasteiger partial charge in [0.15, 0.2) is 15.7 Å². The minimum atomic E-state index is -3.28. The van der Waals surface area contributed by atoms with Gasteiger partial charge in [0.05, 0.1) is 17.0 Å². The summed E-state index contributed by atoms with van der Waals surface area (Å²) >= 11 is 0. The molecule has 218 valence electrons. The smallest absolute Gasteiger partial charge is 0.175 e. The van der Waals surface area contributed by atoms with Gasteiger partial charge < -0.3 is 14.2 Å². The molecule has 3 atom stereocenters. The lowest BCUT2D eigenvalue weighted by Gasteiger charge is -2.48. The van der Waals surface area contributed by atoms with Crippen LogP contribution in [-0.4, -0.2) is 85.5 Å². The van der Waals surface area contributed by atoms with Gasteiger partial charge in [-0.15, -0.1) is 0 Å². The Balaban J connectivity index is 1.30. The summed E-state index contributed by atoms with van der Waals surface area (Å²) < 4.78 is 46.9. The minimum Gasteiger partial charge on any atom is -0.383 e. The highest BCUT2D eigenvalue weighted by atomic mass is 32.2. The first-order valence-corrected chi connectivity index (χ1v) is 16.5. The van der Waals surface area contributed by atoms with E-state index in [2.05, 4.69) is 23.6 Å². The highest BCUT2D eigenvalue weighted by Gasteiger charge is 2.36. The van der Waals surface area contributed by atoms with Crippen LogP contribution in [0.1, 0.15) is 57.4 Å². The summed E-state index contributed by atoms with van der Waals surface area (Å²) in [7, 11) is 0.321. The number of aromatic nitrogens is 2. The van der Waals surface area contributed by atoms with Crippen LogP contribution in [-0.2, 0) is 21.6 Å². The molecule has 1 aromatic heterocycles. The van der Waals surface area contributed by atoms with Crippen LogP contribution >= 0.6 is 0 Å². The highest BCUT2D eigenvalue weighted by Crippen LogP contribution is 2.37. The van der Waals surface area contributed by atoms with E-state index in [1.807, 2.05) is 19.2 Å². The van der Waals surface area contributed by atoms with E-state index in [-0.39, 0.29) is 16.6 Å². The van der Waals surface area contributed by atoms with Crippen molar-refractivity contribution < 1.29 is 17.5 Å². The monoisotopic (exact) mass is 570 g/mol. The van der Waals surface area contributed by atoms with Gasteiger partial charge >= 0.3 is 0 Å². The van der Waals surface area contributed by atoms with Crippen LogP contribution in [0.3, 0.4) is 0 Å². The number of ether oxygens (including phenoxy) is 1. The Bertz CT molecular complexity index is 1430. The Morgan fingerprint density at radius 2 is 1.77 bits per heavy atom.